The molecule has 0 aliphatic carbocycles. The zero-order valence-corrected chi connectivity index (χ0v) is 17.6. The van der Waals surface area contributed by atoms with Crippen LogP contribution < -0.4 is 10.9 Å². The summed E-state index contributed by atoms with van der Waals surface area (Å²) >= 11 is 6.00. The second-order valence-corrected chi connectivity index (χ2v) is 8.15. The van der Waals surface area contributed by atoms with Gasteiger partial charge in [0.2, 0.25) is 5.28 Å². The molecule has 0 aromatic carbocycles. The lowest BCUT2D eigenvalue weighted by Crippen LogP contribution is -2.28. The Morgan fingerprint density at radius 3 is 2.64 bits per heavy atom. The minimum absolute atomic E-state index is 0.0825. The van der Waals surface area contributed by atoms with E-state index in [1.54, 1.807) is 36.1 Å². The van der Waals surface area contributed by atoms with Crippen LogP contribution in [0.25, 0.3) is 11.2 Å². The Labute approximate surface area is 169 Å². The zero-order chi connectivity index (χ0) is 20.4. The number of hydrogen-bond donors (Lipinski definition) is 1. The number of hydrogen-bond acceptors (Lipinski definition) is 7. The van der Waals surface area contributed by atoms with Crippen LogP contribution in [0.2, 0.25) is 5.28 Å². The van der Waals surface area contributed by atoms with Crippen molar-refractivity contribution in [2.24, 2.45) is 0 Å². The summed E-state index contributed by atoms with van der Waals surface area (Å²) in [5.41, 5.74) is 1.98. The zero-order valence-electron chi connectivity index (χ0n) is 16.1. The molecule has 148 valence electrons. The normalized spacial score (nSPS) is 13.5. The summed E-state index contributed by atoms with van der Waals surface area (Å²) in [5, 5.41) is 3.14. The summed E-state index contributed by atoms with van der Waals surface area (Å²) in [4.78, 5) is 30.8. The molecule has 0 amide bonds. The van der Waals surface area contributed by atoms with E-state index in [9.17, 15) is 9.00 Å². The van der Waals surface area contributed by atoms with Crippen LogP contribution in [0.5, 0.6) is 0 Å². The number of fused-ring (bicyclic) bond motifs is 1. The molecule has 0 spiro atoms. The van der Waals surface area contributed by atoms with Gasteiger partial charge in [0.15, 0.2) is 11.5 Å². The molecule has 0 aliphatic rings. The molecule has 0 saturated heterocycles. The number of rotatable bonds is 6. The molecule has 2 atom stereocenters. The van der Waals surface area contributed by atoms with Crippen LogP contribution in [-0.2, 0) is 17.3 Å². The molecule has 3 aromatic rings. The molecule has 0 radical (unpaired) electrons. The van der Waals surface area contributed by atoms with E-state index in [4.69, 9.17) is 11.6 Å². The van der Waals surface area contributed by atoms with Crippen molar-refractivity contribution < 1.29 is 4.21 Å². The first-order chi connectivity index (χ1) is 13.3. The van der Waals surface area contributed by atoms with E-state index < -0.39 is 10.8 Å². The number of aromatic nitrogens is 5. The van der Waals surface area contributed by atoms with Crippen molar-refractivity contribution in [1.82, 2.24) is 24.5 Å². The summed E-state index contributed by atoms with van der Waals surface area (Å²) in [6.45, 7) is 6.03. The van der Waals surface area contributed by atoms with E-state index in [1.807, 2.05) is 13.8 Å². The van der Waals surface area contributed by atoms with E-state index in [0.717, 1.165) is 6.42 Å². The number of nitrogens with zero attached hydrogens (tertiary/aromatic N) is 5. The standard InChI is InChI=1S/C18H21ClN6O2S/c1-5-10(2)25-16-14(11(3)22-18(19)24-16)23-15(17(25)26)21-8-12-6-7-13(9-20-12)28(4)27/h6-7,9-10H,5,8H2,1-4H3,(H,21,23)/t10-,28?/m1/s1. The van der Waals surface area contributed by atoms with E-state index in [1.165, 1.54) is 0 Å². The largest absolute Gasteiger partial charge is 0.360 e. The van der Waals surface area contributed by atoms with Crippen LogP contribution in [0, 0.1) is 6.92 Å². The fourth-order valence-electron chi connectivity index (χ4n) is 2.75. The Morgan fingerprint density at radius 1 is 1.29 bits per heavy atom. The molecule has 28 heavy (non-hydrogen) atoms. The van der Waals surface area contributed by atoms with Gasteiger partial charge < -0.3 is 5.32 Å². The van der Waals surface area contributed by atoms with Crippen LogP contribution in [0.3, 0.4) is 0 Å². The van der Waals surface area contributed by atoms with E-state index in [2.05, 4.69) is 25.3 Å². The third-order valence-electron chi connectivity index (χ3n) is 4.48. The number of halogens is 1. The molecule has 0 bridgehead atoms. The SMILES string of the molecule is CC[C@@H](C)n1c(=O)c(NCc2ccc(S(C)=O)cn2)nc2c(C)nc(Cl)nc21. The Kier molecular flexibility index (Phi) is 6.04. The highest BCUT2D eigenvalue weighted by molar-refractivity contribution is 7.84. The molecular weight excluding hydrogens is 400 g/mol. The average molecular weight is 421 g/mol. The van der Waals surface area contributed by atoms with E-state index in [0.29, 0.717) is 34.0 Å². The minimum Gasteiger partial charge on any atom is -0.360 e. The van der Waals surface area contributed by atoms with Gasteiger partial charge in [0.1, 0.15) is 5.52 Å². The predicted octanol–water partition coefficient (Wildman–Crippen LogP) is 2.86. The summed E-state index contributed by atoms with van der Waals surface area (Å²) in [6.07, 6.45) is 3.91. The molecular formula is C18H21ClN6O2S. The Morgan fingerprint density at radius 2 is 2.04 bits per heavy atom. The van der Waals surface area contributed by atoms with Gasteiger partial charge in [0, 0.05) is 18.5 Å². The second kappa shape index (κ2) is 8.32. The fraction of sp³-hybridized carbons (Fsp3) is 0.389. The average Bonchev–Trinajstić information content (AvgIpc) is 2.66. The van der Waals surface area contributed by atoms with Gasteiger partial charge in [-0.25, -0.2) is 9.97 Å². The highest BCUT2D eigenvalue weighted by Gasteiger charge is 2.18. The molecule has 3 aromatic heterocycles. The van der Waals surface area contributed by atoms with Gasteiger partial charge in [-0.15, -0.1) is 0 Å². The molecule has 0 saturated carbocycles. The van der Waals surface area contributed by atoms with Crippen molar-refractivity contribution in [2.45, 2.75) is 44.7 Å². The van der Waals surface area contributed by atoms with Crippen molar-refractivity contribution in [3.63, 3.8) is 0 Å². The highest BCUT2D eigenvalue weighted by atomic mass is 35.5. The van der Waals surface area contributed by atoms with Crippen molar-refractivity contribution in [3.8, 4) is 0 Å². The Balaban J connectivity index is 2.02. The van der Waals surface area contributed by atoms with Crippen molar-refractivity contribution in [2.75, 3.05) is 11.6 Å². The maximum Gasteiger partial charge on any atom is 0.295 e. The third-order valence-corrected chi connectivity index (χ3v) is 5.56. The lowest BCUT2D eigenvalue weighted by molar-refractivity contribution is 0.526. The molecule has 3 heterocycles. The first-order valence-corrected chi connectivity index (χ1v) is 10.7. The van der Waals surface area contributed by atoms with Gasteiger partial charge in [0.25, 0.3) is 5.56 Å². The van der Waals surface area contributed by atoms with Crippen LogP contribution >= 0.6 is 11.6 Å². The topological polar surface area (TPSA) is 103 Å². The van der Waals surface area contributed by atoms with Crippen LogP contribution in [0.1, 0.15) is 37.7 Å². The monoisotopic (exact) mass is 420 g/mol. The third kappa shape index (κ3) is 4.05. The number of aryl methyl sites for hydroxylation is 1. The lowest BCUT2D eigenvalue weighted by atomic mass is 10.2. The van der Waals surface area contributed by atoms with Gasteiger partial charge in [-0.3, -0.25) is 18.6 Å². The number of nitrogens with one attached hydrogen (secondary N) is 1. The molecule has 8 nitrogen and oxygen atoms in total. The van der Waals surface area contributed by atoms with E-state index in [-0.39, 0.29) is 22.7 Å². The Hall–Kier alpha value is -2.39. The van der Waals surface area contributed by atoms with Crippen molar-refractivity contribution in [3.05, 3.63) is 45.4 Å². The predicted molar refractivity (Wildman–Crippen MR) is 110 cm³/mol. The Bertz CT molecular complexity index is 1100. The number of pyridine rings is 1. The van der Waals surface area contributed by atoms with Crippen LogP contribution in [0.15, 0.2) is 28.0 Å². The van der Waals surface area contributed by atoms with Gasteiger partial charge in [0.05, 0.1) is 33.6 Å². The second-order valence-electron chi connectivity index (χ2n) is 6.44. The summed E-state index contributed by atoms with van der Waals surface area (Å²) < 4.78 is 13.1. The van der Waals surface area contributed by atoms with Crippen molar-refractivity contribution in [1.29, 1.82) is 0 Å². The van der Waals surface area contributed by atoms with Gasteiger partial charge in [-0.2, -0.15) is 4.98 Å². The molecule has 0 aliphatic heterocycles. The first kappa shape index (κ1) is 20.3. The van der Waals surface area contributed by atoms with E-state index >= 15 is 0 Å². The molecule has 3 rings (SSSR count). The lowest BCUT2D eigenvalue weighted by Gasteiger charge is -2.17. The molecule has 1 unspecified atom stereocenters. The molecule has 0 fully saturated rings. The van der Waals surface area contributed by atoms with Gasteiger partial charge in [-0.1, -0.05) is 6.92 Å². The highest BCUT2D eigenvalue weighted by Crippen LogP contribution is 2.20. The molecule has 10 heteroatoms. The summed E-state index contributed by atoms with van der Waals surface area (Å²) in [5.74, 6) is 0.201. The maximum atomic E-state index is 13.0. The van der Waals surface area contributed by atoms with Gasteiger partial charge >= 0.3 is 0 Å². The fourth-order valence-corrected chi connectivity index (χ4v) is 3.42. The van der Waals surface area contributed by atoms with Crippen molar-refractivity contribution >= 4 is 39.4 Å². The maximum absolute atomic E-state index is 13.0. The van der Waals surface area contributed by atoms with Crippen LogP contribution in [-0.4, -0.2) is 35.0 Å². The van der Waals surface area contributed by atoms with Crippen LogP contribution in [0.4, 0.5) is 5.82 Å². The van der Waals surface area contributed by atoms with Gasteiger partial charge in [-0.05, 0) is 44.0 Å². The summed E-state index contributed by atoms with van der Waals surface area (Å²) in [6, 6.07) is 3.44. The minimum atomic E-state index is -1.08. The molecule has 1 N–H and O–H groups in total. The first-order valence-electron chi connectivity index (χ1n) is 8.80. The quantitative estimate of drug-likeness (QED) is 0.611. The smallest absolute Gasteiger partial charge is 0.295 e. The summed E-state index contributed by atoms with van der Waals surface area (Å²) in [7, 11) is -1.08. The number of anilines is 1.